The van der Waals surface area contributed by atoms with E-state index in [9.17, 15) is 4.79 Å². The van der Waals surface area contributed by atoms with Crippen LogP contribution in [0.1, 0.15) is 23.7 Å². The zero-order valence-corrected chi connectivity index (χ0v) is 13.4. The monoisotopic (exact) mass is 363 g/mol. The minimum atomic E-state index is -1.15. The molecule has 1 unspecified atom stereocenters. The van der Waals surface area contributed by atoms with Crippen LogP contribution >= 0.6 is 27.5 Å². The van der Waals surface area contributed by atoms with E-state index in [0.717, 1.165) is 0 Å². The van der Waals surface area contributed by atoms with Crippen LogP contribution in [0.5, 0.6) is 0 Å². The molecule has 1 atom stereocenters. The number of hydrogen-bond acceptors (Lipinski definition) is 3. The van der Waals surface area contributed by atoms with Crippen molar-refractivity contribution in [3.8, 4) is 6.07 Å². The van der Waals surface area contributed by atoms with Crippen molar-refractivity contribution in [1.82, 2.24) is 4.98 Å². The molecule has 0 aliphatic rings. The number of nitrogens with two attached hydrogens (primary N) is 1. The van der Waals surface area contributed by atoms with E-state index in [1.807, 2.05) is 6.07 Å². The molecule has 1 aromatic heterocycles. The van der Waals surface area contributed by atoms with Gasteiger partial charge in [0.25, 0.3) is 0 Å². The highest BCUT2D eigenvalue weighted by molar-refractivity contribution is 9.10. The fourth-order valence-electron chi connectivity index (χ4n) is 2.00. The Morgan fingerprint density at radius 3 is 2.76 bits per heavy atom. The van der Waals surface area contributed by atoms with E-state index in [0.29, 0.717) is 26.3 Å². The Kier molecular flexibility index (Phi) is 4.31. The molecule has 0 aliphatic carbocycles. The Morgan fingerprint density at radius 2 is 2.19 bits per heavy atom. The Hall–Kier alpha value is -1.90. The number of primary amides is 1. The number of halogens is 2. The Bertz CT molecular complexity index is 757. The van der Waals surface area contributed by atoms with E-state index in [2.05, 4.69) is 20.9 Å². The van der Waals surface area contributed by atoms with Crippen molar-refractivity contribution in [2.45, 2.75) is 12.3 Å². The lowest BCUT2D eigenvalue weighted by Gasteiger charge is -2.26. The van der Waals surface area contributed by atoms with E-state index < -0.39 is 11.3 Å². The molecule has 0 saturated heterocycles. The molecule has 0 saturated carbocycles. The molecule has 0 fully saturated rings. The first-order valence-electron chi connectivity index (χ1n) is 6.01. The highest BCUT2D eigenvalue weighted by atomic mass is 79.9. The van der Waals surface area contributed by atoms with Gasteiger partial charge in [-0.2, -0.15) is 5.26 Å². The predicted octanol–water partition coefficient (Wildman–Crippen LogP) is 3.16. The van der Waals surface area contributed by atoms with Gasteiger partial charge in [0.2, 0.25) is 5.91 Å². The molecule has 2 N–H and O–H groups in total. The van der Waals surface area contributed by atoms with Crippen LogP contribution in [0.25, 0.3) is 0 Å². The highest BCUT2D eigenvalue weighted by Crippen LogP contribution is 2.34. The Balaban J connectivity index is 2.67. The number of nitrogens with zero attached hydrogens (tertiary/aromatic N) is 2. The number of pyridine rings is 1. The van der Waals surface area contributed by atoms with Crippen molar-refractivity contribution >= 4 is 33.4 Å². The smallest absolute Gasteiger partial charge is 0.233 e. The van der Waals surface area contributed by atoms with Gasteiger partial charge in [-0.3, -0.25) is 9.78 Å². The van der Waals surface area contributed by atoms with Gasteiger partial charge in [-0.25, -0.2) is 0 Å². The van der Waals surface area contributed by atoms with E-state index in [1.165, 1.54) is 6.20 Å². The molecule has 2 rings (SSSR count). The molecule has 4 nitrogen and oxygen atoms in total. The fraction of sp³-hybridized carbons (Fsp3) is 0.133. The summed E-state index contributed by atoms with van der Waals surface area (Å²) in [4.78, 5) is 16.3. The molecular formula is C15H11BrClN3O. The topological polar surface area (TPSA) is 79.8 Å². The lowest BCUT2D eigenvalue weighted by atomic mass is 9.78. The zero-order valence-electron chi connectivity index (χ0n) is 11.1. The first kappa shape index (κ1) is 15.5. The maximum Gasteiger partial charge on any atom is 0.233 e. The zero-order chi connectivity index (χ0) is 15.6. The summed E-state index contributed by atoms with van der Waals surface area (Å²) >= 11 is 9.25. The van der Waals surface area contributed by atoms with Crippen LogP contribution in [0.2, 0.25) is 5.02 Å². The highest BCUT2D eigenvalue weighted by Gasteiger charge is 2.37. The third kappa shape index (κ3) is 2.78. The predicted molar refractivity (Wildman–Crippen MR) is 83.8 cm³/mol. The van der Waals surface area contributed by atoms with Crippen molar-refractivity contribution in [3.05, 3.63) is 62.8 Å². The van der Waals surface area contributed by atoms with Gasteiger partial charge in [0, 0.05) is 10.7 Å². The average molecular weight is 365 g/mol. The molecule has 0 bridgehead atoms. The lowest BCUT2D eigenvalue weighted by Crippen LogP contribution is -2.40. The maximum absolute atomic E-state index is 12.1. The first-order valence-corrected chi connectivity index (χ1v) is 7.18. The summed E-state index contributed by atoms with van der Waals surface area (Å²) in [6.45, 7) is 1.68. The number of amides is 1. The number of nitriles is 1. The van der Waals surface area contributed by atoms with Gasteiger partial charge in [0.1, 0.15) is 5.41 Å². The van der Waals surface area contributed by atoms with E-state index in [-0.39, 0.29) is 0 Å². The summed E-state index contributed by atoms with van der Waals surface area (Å²) in [6.07, 6.45) is 1.45. The second-order valence-corrected chi connectivity index (χ2v) is 5.93. The molecule has 2 aromatic rings. The largest absolute Gasteiger partial charge is 0.369 e. The number of hydrogen-bond donors (Lipinski definition) is 1. The number of benzene rings is 1. The van der Waals surface area contributed by atoms with Gasteiger partial charge in [-0.05, 0) is 46.6 Å². The minimum Gasteiger partial charge on any atom is -0.369 e. The average Bonchev–Trinajstić information content (AvgIpc) is 2.49. The molecular weight excluding hydrogens is 354 g/mol. The SMILES string of the molecule is CC(C(N)=O)(c1cccc(C#N)c1)c1cc(Br)c(Cl)cn1. The third-order valence-electron chi connectivity index (χ3n) is 3.38. The van der Waals surface area contributed by atoms with E-state index in [4.69, 9.17) is 22.6 Å². The number of rotatable bonds is 3. The molecule has 1 aromatic carbocycles. The van der Waals surface area contributed by atoms with Crippen LogP contribution in [0.4, 0.5) is 0 Å². The molecule has 106 valence electrons. The van der Waals surface area contributed by atoms with Crippen molar-refractivity contribution in [2.24, 2.45) is 5.73 Å². The van der Waals surface area contributed by atoms with Crippen molar-refractivity contribution in [2.75, 3.05) is 0 Å². The summed E-state index contributed by atoms with van der Waals surface area (Å²) in [5.41, 5.74) is 5.97. The summed E-state index contributed by atoms with van der Waals surface area (Å²) in [5.74, 6) is -0.556. The van der Waals surface area contributed by atoms with Gasteiger partial charge >= 0.3 is 0 Å². The lowest BCUT2D eigenvalue weighted by molar-refractivity contribution is -0.121. The van der Waals surface area contributed by atoms with Crippen molar-refractivity contribution in [3.63, 3.8) is 0 Å². The van der Waals surface area contributed by atoms with Crippen LogP contribution in [0.3, 0.4) is 0 Å². The second kappa shape index (κ2) is 5.84. The summed E-state index contributed by atoms with van der Waals surface area (Å²) in [7, 11) is 0. The number of carbonyl (C=O) groups is 1. The van der Waals surface area contributed by atoms with Gasteiger partial charge in [0.15, 0.2) is 0 Å². The quantitative estimate of drug-likeness (QED) is 0.908. The van der Waals surface area contributed by atoms with Crippen molar-refractivity contribution < 1.29 is 4.79 Å². The molecule has 1 heterocycles. The Morgan fingerprint density at radius 1 is 1.48 bits per heavy atom. The van der Waals surface area contributed by atoms with Crippen molar-refractivity contribution in [1.29, 1.82) is 5.26 Å². The van der Waals surface area contributed by atoms with Crippen LogP contribution < -0.4 is 5.73 Å². The van der Waals surface area contributed by atoms with E-state index in [1.54, 1.807) is 37.3 Å². The standard InChI is InChI=1S/C15H11BrClN3O/c1-15(14(19)21,10-4-2-3-9(5-10)7-18)13-6-11(16)12(17)8-20-13/h2-6,8H,1H3,(H2,19,21). The van der Waals surface area contributed by atoms with Gasteiger partial charge < -0.3 is 5.73 Å². The number of carbonyl (C=O) groups excluding carboxylic acids is 1. The summed E-state index contributed by atoms with van der Waals surface area (Å²) < 4.78 is 0.623. The molecule has 21 heavy (non-hydrogen) atoms. The fourth-order valence-corrected chi connectivity index (χ4v) is 2.43. The van der Waals surface area contributed by atoms with E-state index >= 15 is 0 Å². The van der Waals surface area contributed by atoms with Crippen LogP contribution in [-0.2, 0) is 10.2 Å². The van der Waals surface area contributed by atoms with Crippen LogP contribution in [-0.4, -0.2) is 10.9 Å². The third-order valence-corrected chi connectivity index (χ3v) is 4.57. The Labute approximate surface area is 135 Å². The number of aromatic nitrogens is 1. The minimum absolute atomic E-state index is 0.441. The molecule has 0 aliphatic heterocycles. The first-order chi connectivity index (χ1) is 9.89. The molecule has 1 amide bonds. The summed E-state index contributed by atoms with van der Waals surface area (Å²) in [5, 5.41) is 9.45. The molecule has 6 heteroatoms. The molecule has 0 spiro atoms. The van der Waals surface area contributed by atoms with Gasteiger partial charge in [-0.15, -0.1) is 0 Å². The van der Waals surface area contributed by atoms with Gasteiger partial charge in [-0.1, -0.05) is 23.7 Å². The summed E-state index contributed by atoms with van der Waals surface area (Å²) in [6, 6.07) is 10.5. The second-order valence-electron chi connectivity index (χ2n) is 4.67. The normalized spacial score (nSPS) is 13.2. The molecule has 0 radical (unpaired) electrons. The van der Waals surface area contributed by atoms with Crippen LogP contribution in [0, 0.1) is 11.3 Å². The maximum atomic E-state index is 12.1. The van der Waals surface area contributed by atoms with Crippen LogP contribution in [0.15, 0.2) is 41.0 Å². The van der Waals surface area contributed by atoms with Gasteiger partial charge in [0.05, 0.1) is 22.3 Å².